The van der Waals surface area contributed by atoms with E-state index in [0.29, 0.717) is 145 Å². The van der Waals surface area contributed by atoms with E-state index < -0.39 is 6.09 Å². The third-order valence-corrected chi connectivity index (χ3v) is 6.34. The van der Waals surface area contributed by atoms with E-state index >= 15 is 0 Å². The van der Waals surface area contributed by atoms with Crippen LogP contribution >= 0.6 is 0 Å². The van der Waals surface area contributed by atoms with Crippen LogP contribution in [0.2, 0.25) is 0 Å². The largest absolute Gasteiger partial charge is 0.445 e. The minimum absolute atomic E-state index is 0.239. The van der Waals surface area contributed by atoms with Crippen molar-refractivity contribution < 1.29 is 61.6 Å². The monoisotopic (exact) mass is 705 g/mol. The zero-order chi connectivity index (χ0) is 35.0. The van der Waals surface area contributed by atoms with Crippen LogP contribution in [0.4, 0.5) is 4.79 Å². The number of hydrogen-bond donors (Lipinski definition) is 1. The Labute approximate surface area is 293 Å². The highest BCUT2D eigenvalue weighted by Crippen LogP contribution is 2.00. The number of benzene rings is 1. The van der Waals surface area contributed by atoms with E-state index in [4.69, 9.17) is 56.8 Å². The van der Waals surface area contributed by atoms with E-state index in [1.54, 1.807) is 0 Å². The summed E-state index contributed by atoms with van der Waals surface area (Å²) >= 11 is 0. The van der Waals surface area contributed by atoms with Crippen LogP contribution in [0.5, 0.6) is 0 Å². The Bertz CT molecular complexity index is 794. The molecule has 0 aliphatic heterocycles. The van der Waals surface area contributed by atoms with Gasteiger partial charge in [0.15, 0.2) is 0 Å². The van der Waals surface area contributed by atoms with Gasteiger partial charge in [0.25, 0.3) is 0 Å². The number of hydrogen-bond acceptors (Lipinski definition) is 13. The molecule has 49 heavy (non-hydrogen) atoms. The fourth-order valence-electron chi connectivity index (χ4n) is 3.75. The third kappa shape index (κ3) is 35.7. The lowest BCUT2D eigenvalue weighted by Crippen LogP contribution is -2.28. The SMILES string of the molecule is CCCCCOCCOCCOCCOCCOCCOCCOCCOCCOCCOCCOCCNC(=O)OCc1ccccc1. The number of amides is 1. The molecule has 1 amide bonds. The number of unbranched alkanes of at least 4 members (excludes halogenated alkanes) is 2. The normalized spacial score (nSPS) is 11.3. The second kappa shape index (κ2) is 38.8. The summed E-state index contributed by atoms with van der Waals surface area (Å²) in [6.45, 7) is 14.2. The molecule has 0 saturated carbocycles. The van der Waals surface area contributed by atoms with Gasteiger partial charge in [-0.25, -0.2) is 4.79 Å². The van der Waals surface area contributed by atoms with Crippen molar-refractivity contribution >= 4 is 6.09 Å². The van der Waals surface area contributed by atoms with E-state index in [9.17, 15) is 4.79 Å². The average Bonchev–Trinajstić information content (AvgIpc) is 3.12. The molecule has 0 aliphatic rings. The molecule has 0 spiro atoms. The van der Waals surface area contributed by atoms with E-state index in [2.05, 4.69) is 12.2 Å². The molecule has 0 aromatic heterocycles. The third-order valence-electron chi connectivity index (χ3n) is 6.34. The second-order valence-electron chi connectivity index (χ2n) is 10.4. The van der Waals surface area contributed by atoms with Gasteiger partial charge in [-0.2, -0.15) is 0 Å². The predicted octanol–water partition coefficient (Wildman–Crippen LogP) is 3.29. The lowest BCUT2D eigenvalue weighted by Gasteiger charge is -2.09. The first-order chi connectivity index (χ1) is 24.3. The zero-order valence-electron chi connectivity index (χ0n) is 29.8. The second-order valence-corrected chi connectivity index (χ2v) is 10.4. The summed E-state index contributed by atoms with van der Waals surface area (Å²) in [5.74, 6) is 0. The highest BCUT2D eigenvalue weighted by atomic mass is 16.6. The summed E-state index contributed by atoms with van der Waals surface area (Å²) < 4.78 is 65.3. The van der Waals surface area contributed by atoms with E-state index in [1.807, 2.05) is 30.3 Å². The molecule has 286 valence electrons. The first-order valence-corrected chi connectivity index (χ1v) is 17.6. The summed E-state index contributed by atoms with van der Waals surface area (Å²) in [5.41, 5.74) is 0.939. The van der Waals surface area contributed by atoms with Crippen molar-refractivity contribution in [1.82, 2.24) is 5.32 Å². The zero-order valence-corrected chi connectivity index (χ0v) is 29.8. The molecule has 0 saturated heterocycles. The lowest BCUT2D eigenvalue weighted by atomic mass is 10.2. The summed E-state index contributed by atoms with van der Waals surface area (Å²) in [6, 6.07) is 9.51. The maximum atomic E-state index is 11.6. The standard InChI is InChI=1S/C35H63NO13/c1-2-3-7-11-38-13-15-40-17-19-42-21-23-44-25-27-46-29-31-48-32-30-47-28-26-45-24-22-43-20-18-41-16-14-39-12-10-36-35(37)49-33-34-8-5-4-6-9-34/h4-6,8-9H,2-3,7,10-33H2,1H3,(H,36,37). The quantitative estimate of drug-likeness (QED) is 0.100. The molecule has 0 bridgehead atoms. The van der Waals surface area contributed by atoms with Crippen LogP contribution < -0.4 is 5.32 Å². The molecular formula is C35H63NO13. The van der Waals surface area contributed by atoms with Crippen molar-refractivity contribution in [2.24, 2.45) is 0 Å². The van der Waals surface area contributed by atoms with Gasteiger partial charge in [0.05, 0.1) is 139 Å². The lowest BCUT2D eigenvalue weighted by molar-refractivity contribution is -0.0275. The van der Waals surface area contributed by atoms with Crippen molar-refractivity contribution in [3.63, 3.8) is 0 Å². The Morgan fingerprint density at radius 2 is 0.776 bits per heavy atom. The average molecular weight is 706 g/mol. The molecule has 0 aliphatic carbocycles. The Hall–Kier alpha value is -1.95. The summed E-state index contributed by atoms with van der Waals surface area (Å²) in [5, 5.41) is 2.64. The number of carbonyl (C=O) groups excluding carboxylic acids is 1. The minimum Gasteiger partial charge on any atom is -0.445 e. The van der Waals surface area contributed by atoms with Gasteiger partial charge >= 0.3 is 6.09 Å². The molecule has 0 heterocycles. The Morgan fingerprint density at radius 3 is 1.12 bits per heavy atom. The van der Waals surface area contributed by atoms with Crippen molar-refractivity contribution in [3.05, 3.63) is 35.9 Å². The highest BCUT2D eigenvalue weighted by Gasteiger charge is 2.02. The van der Waals surface area contributed by atoms with Crippen LogP contribution in [-0.4, -0.2) is 158 Å². The van der Waals surface area contributed by atoms with Crippen molar-refractivity contribution in [3.8, 4) is 0 Å². The topological polar surface area (TPSA) is 140 Å². The summed E-state index contributed by atoms with van der Waals surface area (Å²) in [4.78, 5) is 11.6. The van der Waals surface area contributed by atoms with Crippen LogP contribution in [0, 0.1) is 0 Å². The molecule has 14 nitrogen and oxygen atoms in total. The van der Waals surface area contributed by atoms with Crippen LogP contribution in [0.1, 0.15) is 31.7 Å². The van der Waals surface area contributed by atoms with E-state index in [1.165, 1.54) is 12.8 Å². The molecule has 1 N–H and O–H groups in total. The molecule has 0 radical (unpaired) electrons. The fourth-order valence-corrected chi connectivity index (χ4v) is 3.75. The maximum Gasteiger partial charge on any atom is 0.407 e. The van der Waals surface area contributed by atoms with Gasteiger partial charge in [-0.1, -0.05) is 50.1 Å². The van der Waals surface area contributed by atoms with Crippen LogP contribution in [0.25, 0.3) is 0 Å². The van der Waals surface area contributed by atoms with E-state index in [-0.39, 0.29) is 6.61 Å². The molecular weight excluding hydrogens is 642 g/mol. The summed E-state index contributed by atoms with van der Waals surface area (Å²) in [6.07, 6.45) is 3.06. The summed E-state index contributed by atoms with van der Waals surface area (Å²) in [7, 11) is 0. The first kappa shape index (κ1) is 45.1. The number of nitrogens with one attached hydrogen (secondary N) is 1. The molecule has 0 atom stereocenters. The Kier molecular flexibility index (Phi) is 35.7. The number of carbonyl (C=O) groups is 1. The first-order valence-electron chi connectivity index (χ1n) is 17.6. The molecule has 1 aromatic carbocycles. The minimum atomic E-state index is -0.468. The van der Waals surface area contributed by atoms with Crippen LogP contribution in [0.15, 0.2) is 30.3 Å². The van der Waals surface area contributed by atoms with Gasteiger partial charge in [0.2, 0.25) is 0 Å². The van der Waals surface area contributed by atoms with Crippen LogP contribution in [-0.2, 0) is 63.4 Å². The van der Waals surface area contributed by atoms with Gasteiger partial charge in [-0.05, 0) is 12.0 Å². The maximum absolute atomic E-state index is 11.6. The van der Waals surface area contributed by atoms with Gasteiger partial charge in [0.1, 0.15) is 6.61 Å². The molecule has 14 heteroatoms. The smallest absolute Gasteiger partial charge is 0.407 e. The number of ether oxygens (including phenoxy) is 12. The van der Waals surface area contributed by atoms with Gasteiger partial charge < -0.3 is 62.2 Å². The van der Waals surface area contributed by atoms with E-state index in [0.717, 1.165) is 18.6 Å². The fraction of sp³-hybridized carbons (Fsp3) is 0.800. The van der Waals surface area contributed by atoms with Gasteiger partial charge in [0, 0.05) is 13.2 Å². The molecule has 0 unspecified atom stereocenters. The Balaban J connectivity index is 1.63. The molecule has 0 fully saturated rings. The van der Waals surface area contributed by atoms with Crippen molar-refractivity contribution in [2.45, 2.75) is 32.8 Å². The van der Waals surface area contributed by atoms with Crippen LogP contribution in [0.3, 0.4) is 0 Å². The molecule has 1 aromatic rings. The van der Waals surface area contributed by atoms with Gasteiger partial charge in [-0.15, -0.1) is 0 Å². The molecule has 1 rings (SSSR count). The number of rotatable bonds is 39. The predicted molar refractivity (Wildman–Crippen MR) is 183 cm³/mol. The Morgan fingerprint density at radius 1 is 0.449 bits per heavy atom. The number of alkyl carbamates (subject to hydrolysis) is 1. The highest BCUT2D eigenvalue weighted by molar-refractivity contribution is 5.67. The van der Waals surface area contributed by atoms with Gasteiger partial charge in [-0.3, -0.25) is 0 Å². The van der Waals surface area contributed by atoms with Crippen molar-refractivity contribution in [2.75, 3.05) is 152 Å². The van der Waals surface area contributed by atoms with Crippen molar-refractivity contribution in [1.29, 1.82) is 0 Å².